The van der Waals surface area contributed by atoms with Crippen molar-refractivity contribution in [3.63, 3.8) is 0 Å². The number of anilines is 1. The molecule has 2 aromatic carbocycles. The van der Waals surface area contributed by atoms with E-state index >= 15 is 0 Å². The molecule has 142 valence electrons. The maximum absolute atomic E-state index is 12.2. The van der Waals surface area contributed by atoms with E-state index in [0.717, 1.165) is 34.0 Å². The summed E-state index contributed by atoms with van der Waals surface area (Å²) < 4.78 is 5.50. The zero-order valence-corrected chi connectivity index (χ0v) is 16.7. The summed E-state index contributed by atoms with van der Waals surface area (Å²) in [6.45, 7) is 6.96. The van der Waals surface area contributed by atoms with E-state index < -0.39 is 0 Å². The molecule has 0 aliphatic heterocycles. The van der Waals surface area contributed by atoms with Crippen LogP contribution in [0, 0.1) is 0 Å². The average Bonchev–Trinajstić information content (AvgIpc) is 3.09. The summed E-state index contributed by atoms with van der Waals surface area (Å²) in [5.74, 6) is 1.59. The number of H-pyrrole nitrogens is 1. The molecular weight excluding hydrogens is 358 g/mol. The minimum atomic E-state index is -0.0493. The quantitative estimate of drug-likeness (QED) is 0.524. The fourth-order valence-corrected chi connectivity index (χ4v) is 3.44. The average molecular weight is 384 g/mol. The van der Waals surface area contributed by atoms with E-state index in [4.69, 9.17) is 4.74 Å². The molecule has 0 radical (unpaired) electrons. The summed E-state index contributed by atoms with van der Waals surface area (Å²) in [5.41, 5.74) is 3.88. The van der Waals surface area contributed by atoms with Crippen molar-refractivity contribution < 1.29 is 9.53 Å². The van der Waals surface area contributed by atoms with Gasteiger partial charge in [0.05, 0.1) is 23.4 Å². The number of rotatable bonds is 8. The Hall–Kier alpha value is -2.47. The number of aromatic nitrogens is 2. The summed E-state index contributed by atoms with van der Waals surface area (Å²) >= 11 is 1.38. The van der Waals surface area contributed by atoms with Gasteiger partial charge in [0.1, 0.15) is 5.75 Å². The summed E-state index contributed by atoms with van der Waals surface area (Å²) in [7, 11) is 0. The van der Waals surface area contributed by atoms with Crippen molar-refractivity contribution in [2.45, 2.75) is 38.3 Å². The van der Waals surface area contributed by atoms with Gasteiger partial charge in [-0.3, -0.25) is 4.79 Å². The molecule has 0 aliphatic rings. The summed E-state index contributed by atoms with van der Waals surface area (Å²) in [6.07, 6.45) is 1.10. The largest absolute Gasteiger partial charge is 0.494 e. The van der Waals surface area contributed by atoms with Crippen LogP contribution in [0.3, 0.4) is 0 Å². The van der Waals surface area contributed by atoms with E-state index in [1.54, 1.807) is 0 Å². The van der Waals surface area contributed by atoms with Crippen molar-refractivity contribution in [2.24, 2.45) is 0 Å². The first kappa shape index (κ1) is 19.3. The van der Waals surface area contributed by atoms with Crippen LogP contribution in [0.25, 0.3) is 11.0 Å². The Morgan fingerprint density at radius 1 is 1.22 bits per heavy atom. The van der Waals surface area contributed by atoms with Gasteiger partial charge in [-0.05, 0) is 49.1 Å². The molecule has 0 spiro atoms. The van der Waals surface area contributed by atoms with E-state index in [9.17, 15) is 4.79 Å². The highest BCUT2D eigenvalue weighted by Gasteiger charge is 2.09. The Morgan fingerprint density at radius 3 is 2.70 bits per heavy atom. The van der Waals surface area contributed by atoms with Crippen molar-refractivity contribution in [3.05, 3.63) is 48.0 Å². The number of nitrogens with zero attached hydrogens (tertiary/aromatic N) is 1. The number of carbonyl (C=O) groups excluding carboxylic acids is 1. The summed E-state index contributed by atoms with van der Waals surface area (Å²) in [6, 6.07) is 13.8. The molecule has 0 saturated carbocycles. The second-order valence-electron chi connectivity index (χ2n) is 6.42. The molecule has 1 unspecified atom stereocenters. The van der Waals surface area contributed by atoms with Crippen molar-refractivity contribution in [1.82, 2.24) is 9.97 Å². The van der Waals surface area contributed by atoms with Crippen LogP contribution in [0.5, 0.6) is 5.75 Å². The molecule has 0 aliphatic carbocycles. The van der Waals surface area contributed by atoms with Crippen molar-refractivity contribution in [1.29, 1.82) is 0 Å². The van der Waals surface area contributed by atoms with Gasteiger partial charge in [0.25, 0.3) is 0 Å². The fourth-order valence-electron chi connectivity index (χ4n) is 2.75. The first-order valence-corrected chi connectivity index (χ1v) is 10.2. The number of hydrogen-bond acceptors (Lipinski definition) is 4. The number of aromatic amines is 1. The molecule has 1 aromatic heterocycles. The standard InChI is InChI=1S/C21H25N3O2S/c1-4-14(3)15-6-8-16(9-7-15)22-20(25)13-27-21-23-18-11-10-17(26-5-2)12-19(18)24-21/h6-12,14H,4-5,13H2,1-3H3,(H,22,25)(H,23,24). The highest BCUT2D eigenvalue weighted by molar-refractivity contribution is 7.99. The Balaban J connectivity index is 1.56. The maximum atomic E-state index is 12.2. The van der Waals surface area contributed by atoms with Crippen LogP contribution in [-0.4, -0.2) is 28.2 Å². The van der Waals surface area contributed by atoms with Gasteiger partial charge >= 0.3 is 0 Å². The number of imidazole rings is 1. The van der Waals surface area contributed by atoms with E-state index in [1.165, 1.54) is 17.3 Å². The highest BCUT2D eigenvalue weighted by Crippen LogP contribution is 2.24. The van der Waals surface area contributed by atoms with Crippen molar-refractivity contribution in [3.8, 4) is 5.75 Å². The smallest absolute Gasteiger partial charge is 0.234 e. The zero-order valence-electron chi connectivity index (χ0n) is 15.9. The number of benzene rings is 2. The Kier molecular flexibility index (Phi) is 6.40. The molecule has 5 nitrogen and oxygen atoms in total. The van der Waals surface area contributed by atoms with Gasteiger partial charge in [0.2, 0.25) is 5.91 Å². The van der Waals surface area contributed by atoms with Gasteiger partial charge < -0.3 is 15.0 Å². The SMILES string of the molecule is CCOc1ccc2nc(SCC(=O)Nc3ccc(C(C)CC)cc3)[nH]c2c1. The predicted octanol–water partition coefficient (Wildman–Crippen LogP) is 5.21. The number of ether oxygens (including phenoxy) is 1. The van der Waals surface area contributed by atoms with Gasteiger partial charge in [-0.15, -0.1) is 0 Å². The van der Waals surface area contributed by atoms with Gasteiger partial charge in [-0.25, -0.2) is 4.98 Å². The van der Waals surface area contributed by atoms with Gasteiger partial charge in [-0.1, -0.05) is 37.7 Å². The lowest BCUT2D eigenvalue weighted by molar-refractivity contribution is -0.113. The monoisotopic (exact) mass is 383 g/mol. The molecule has 27 heavy (non-hydrogen) atoms. The molecule has 0 bridgehead atoms. The number of amides is 1. The van der Waals surface area contributed by atoms with Gasteiger partial charge in [0, 0.05) is 11.8 Å². The third kappa shape index (κ3) is 5.04. The third-order valence-electron chi connectivity index (χ3n) is 4.46. The molecule has 0 saturated heterocycles. The van der Waals surface area contributed by atoms with Crippen LogP contribution in [0.15, 0.2) is 47.6 Å². The third-order valence-corrected chi connectivity index (χ3v) is 5.33. The number of fused-ring (bicyclic) bond motifs is 1. The lowest BCUT2D eigenvalue weighted by Gasteiger charge is -2.10. The van der Waals surface area contributed by atoms with Crippen LogP contribution in [0.4, 0.5) is 5.69 Å². The van der Waals surface area contributed by atoms with Crippen LogP contribution >= 0.6 is 11.8 Å². The van der Waals surface area contributed by atoms with Crippen molar-refractivity contribution in [2.75, 3.05) is 17.7 Å². The molecule has 0 fully saturated rings. The minimum Gasteiger partial charge on any atom is -0.494 e. The van der Waals surface area contributed by atoms with E-state index in [-0.39, 0.29) is 5.91 Å². The zero-order chi connectivity index (χ0) is 19.2. The topological polar surface area (TPSA) is 67.0 Å². The lowest BCUT2D eigenvalue weighted by atomic mass is 9.99. The van der Waals surface area contributed by atoms with Gasteiger partial charge in [0.15, 0.2) is 5.16 Å². The number of thioether (sulfide) groups is 1. The van der Waals surface area contributed by atoms with E-state index in [1.807, 2.05) is 37.3 Å². The van der Waals surface area contributed by atoms with Gasteiger partial charge in [-0.2, -0.15) is 0 Å². The molecule has 1 amide bonds. The van der Waals surface area contributed by atoms with Crippen LogP contribution in [0.1, 0.15) is 38.7 Å². The molecule has 1 heterocycles. The second-order valence-corrected chi connectivity index (χ2v) is 7.39. The fraction of sp³-hybridized carbons (Fsp3) is 0.333. The Morgan fingerprint density at radius 2 is 2.00 bits per heavy atom. The second kappa shape index (κ2) is 8.95. The highest BCUT2D eigenvalue weighted by atomic mass is 32.2. The molecular formula is C21H25N3O2S. The number of hydrogen-bond donors (Lipinski definition) is 2. The normalized spacial score (nSPS) is 12.1. The molecule has 3 aromatic rings. The molecule has 2 N–H and O–H groups in total. The van der Waals surface area contributed by atoms with Crippen molar-refractivity contribution >= 4 is 34.4 Å². The van der Waals surface area contributed by atoms with E-state index in [0.29, 0.717) is 18.3 Å². The van der Waals surface area contributed by atoms with Crippen LogP contribution < -0.4 is 10.1 Å². The maximum Gasteiger partial charge on any atom is 0.234 e. The van der Waals surface area contributed by atoms with E-state index in [2.05, 4.69) is 41.3 Å². The van der Waals surface area contributed by atoms with Crippen LogP contribution in [0.2, 0.25) is 0 Å². The minimum absolute atomic E-state index is 0.0493. The Labute approximate surface area is 163 Å². The Bertz CT molecular complexity index is 905. The lowest BCUT2D eigenvalue weighted by Crippen LogP contribution is -2.14. The molecule has 3 rings (SSSR count). The molecule has 1 atom stereocenters. The summed E-state index contributed by atoms with van der Waals surface area (Å²) in [4.78, 5) is 20.0. The first-order valence-electron chi connectivity index (χ1n) is 9.24. The number of carbonyl (C=O) groups is 1. The first-order chi connectivity index (χ1) is 13.1. The van der Waals surface area contributed by atoms with Crippen LogP contribution in [-0.2, 0) is 4.79 Å². The molecule has 6 heteroatoms. The predicted molar refractivity (Wildman–Crippen MR) is 112 cm³/mol. The number of nitrogens with one attached hydrogen (secondary N) is 2. The summed E-state index contributed by atoms with van der Waals surface area (Å²) in [5, 5.41) is 3.66.